The minimum absolute atomic E-state index is 0.000874. The van der Waals surface area contributed by atoms with Crippen LogP contribution in [0.3, 0.4) is 0 Å². The summed E-state index contributed by atoms with van der Waals surface area (Å²) in [5, 5.41) is 11.6. The monoisotopic (exact) mass is 518 g/mol. The fraction of sp³-hybridized carbons (Fsp3) is 0.357. The van der Waals surface area contributed by atoms with E-state index in [2.05, 4.69) is 9.88 Å². The van der Waals surface area contributed by atoms with Crippen molar-refractivity contribution in [1.82, 2.24) is 19.2 Å². The predicted molar refractivity (Wildman–Crippen MR) is 139 cm³/mol. The number of likely N-dealkylation sites (tertiary alicyclic amines) is 1. The van der Waals surface area contributed by atoms with Crippen LogP contribution in [0.25, 0.3) is 11.4 Å². The van der Waals surface area contributed by atoms with Gasteiger partial charge in [0, 0.05) is 32.4 Å². The van der Waals surface area contributed by atoms with Crippen LogP contribution in [0.4, 0.5) is 0 Å². The van der Waals surface area contributed by atoms with E-state index in [0.717, 1.165) is 19.6 Å². The van der Waals surface area contributed by atoms with Gasteiger partial charge in [-0.05, 0) is 43.2 Å². The van der Waals surface area contributed by atoms with Crippen LogP contribution in [-0.2, 0) is 19.1 Å². The van der Waals surface area contributed by atoms with Gasteiger partial charge in [-0.15, -0.1) is 0 Å². The molecule has 1 N–H and O–H groups in total. The van der Waals surface area contributed by atoms with E-state index in [1.165, 1.54) is 12.0 Å². The maximum Gasteiger partial charge on any atom is 0.337 e. The normalized spacial score (nSPS) is 19.8. The number of rotatable bonds is 7. The summed E-state index contributed by atoms with van der Waals surface area (Å²) in [4.78, 5) is 47.0. The lowest BCUT2D eigenvalue weighted by molar-refractivity contribution is -0.140. The summed E-state index contributed by atoms with van der Waals surface area (Å²) in [5.41, 5.74) is 2.47. The average Bonchev–Trinajstić information content (AvgIpc) is 3.41. The zero-order chi connectivity index (χ0) is 26.8. The maximum absolute atomic E-state index is 13.4. The molecule has 0 unspecified atom stereocenters. The number of ketones is 1. The largest absolute Gasteiger partial charge is 0.505 e. The molecule has 1 aromatic carbocycles. The number of esters is 1. The highest BCUT2D eigenvalue weighted by Crippen LogP contribution is 2.40. The summed E-state index contributed by atoms with van der Waals surface area (Å²) >= 11 is 0. The second-order valence-corrected chi connectivity index (χ2v) is 9.39. The molecule has 0 saturated carbocycles. The molecular weight excluding hydrogens is 488 g/mol. The van der Waals surface area contributed by atoms with Gasteiger partial charge in [0.15, 0.2) is 5.76 Å². The second kappa shape index (κ2) is 10.8. The SMILES string of the molecule is COC(=O)c1ccc([C@@H]2/C(=C(\O)c3c(C)nc4ccccn34)C(=O)C(=O)N2CCCN2CCOCC2)cc1. The van der Waals surface area contributed by atoms with Crippen LogP contribution in [0.1, 0.15) is 39.8 Å². The summed E-state index contributed by atoms with van der Waals surface area (Å²) < 4.78 is 11.9. The number of carbonyl (C=O) groups is 3. The number of methoxy groups -OCH3 is 1. The number of imidazole rings is 1. The molecule has 3 aromatic rings. The Morgan fingerprint density at radius 2 is 1.84 bits per heavy atom. The smallest absolute Gasteiger partial charge is 0.337 e. The summed E-state index contributed by atoms with van der Waals surface area (Å²) in [6.45, 7) is 5.84. The molecule has 198 valence electrons. The second-order valence-electron chi connectivity index (χ2n) is 9.39. The van der Waals surface area contributed by atoms with E-state index in [1.807, 2.05) is 6.07 Å². The lowest BCUT2D eigenvalue weighted by atomic mass is 9.95. The Morgan fingerprint density at radius 3 is 2.55 bits per heavy atom. The van der Waals surface area contributed by atoms with Crippen molar-refractivity contribution in [3.8, 4) is 0 Å². The number of amides is 1. The van der Waals surface area contributed by atoms with Crippen LogP contribution in [0.5, 0.6) is 0 Å². The first-order chi connectivity index (χ1) is 18.4. The molecular formula is C28H30N4O6. The number of aliphatic hydroxyl groups is 1. The Labute approximate surface area is 220 Å². The number of morpholine rings is 1. The lowest BCUT2D eigenvalue weighted by Gasteiger charge is -2.29. The van der Waals surface area contributed by atoms with E-state index >= 15 is 0 Å². The summed E-state index contributed by atoms with van der Waals surface area (Å²) in [5.74, 6) is -2.18. The van der Waals surface area contributed by atoms with Crippen molar-refractivity contribution >= 4 is 29.1 Å². The molecule has 2 aliphatic heterocycles. The topological polar surface area (TPSA) is 114 Å². The van der Waals surface area contributed by atoms with Crippen molar-refractivity contribution in [1.29, 1.82) is 0 Å². The van der Waals surface area contributed by atoms with Crippen LogP contribution in [-0.4, -0.2) is 88.5 Å². The van der Waals surface area contributed by atoms with E-state index in [9.17, 15) is 19.5 Å². The molecule has 1 atom stereocenters. The number of benzene rings is 1. The summed E-state index contributed by atoms with van der Waals surface area (Å²) in [6.07, 6.45) is 2.40. The van der Waals surface area contributed by atoms with Crippen molar-refractivity contribution < 1.29 is 29.0 Å². The molecule has 10 nitrogen and oxygen atoms in total. The van der Waals surface area contributed by atoms with E-state index < -0.39 is 23.7 Å². The number of hydrogen-bond acceptors (Lipinski definition) is 8. The summed E-state index contributed by atoms with van der Waals surface area (Å²) in [7, 11) is 1.30. The first-order valence-corrected chi connectivity index (χ1v) is 12.6. The molecule has 2 fully saturated rings. The van der Waals surface area contributed by atoms with Gasteiger partial charge in [-0.1, -0.05) is 18.2 Å². The zero-order valence-electron chi connectivity index (χ0n) is 21.4. The Kier molecular flexibility index (Phi) is 7.26. The number of ether oxygens (including phenoxy) is 2. The van der Waals surface area contributed by atoms with Gasteiger partial charge in [-0.3, -0.25) is 18.9 Å². The predicted octanol–water partition coefficient (Wildman–Crippen LogP) is 2.57. The highest BCUT2D eigenvalue weighted by molar-refractivity contribution is 6.46. The number of carbonyl (C=O) groups excluding carboxylic acids is 3. The van der Waals surface area contributed by atoms with Crippen LogP contribution >= 0.6 is 0 Å². The quantitative estimate of drug-likeness (QED) is 0.220. The third-order valence-electron chi connectivity index (χ3n) is 7.09. The van der Waals surface area contributed by atoms with E-state index in [0.29, 0.717) is 54.3 Å². The van der Waals surface area contributed by atoms with Gasteiger partial charge in [0.2, 0.25) is 0 Å². The third kappa shape index (κ3) is 4.68. The Hall–Kier alpha value is -4.02. The number of hydrogen-bond donors (Lipinski definition) is 1. The summed E-state index contributed by atoms with van der Waals surface area (Å²) in [6, 6.07) is 11.2. The maximum atomic E-state index is 13.4. The van der Waals surface area contributed by atoms with E-state index in [4.69, 9.17) is 9.47 Å². The first-order valence-electron chi connectivity index (χ1n) is 12.6. The Morgan fingerprint density at radius 1 is 1.11 bits per heavy atom. The first kappa shape index (κ1) is 25.6. The highest BCUT2D eigenvalue weighted by Gasteiger charge is 2.46. The zero-order valence-corrected chi connectivity index (χ0v) is 21.4. The van der Waals surface area contributed by atoms with Crippen LogP contribution in [0.2, 0.25) is 0 Å². The number of nitrogens with zero attached hydrogens (tertiary/aromatic N) is 4. The fourth-order valence-corrected chi connectivity index (χ4v) is 5.19. The molecule has 0 aliphatic carbocycles. The van der Waals surface area contributed by atoms with Gasteiger partial charge in [-0.25, -0.2) is 9.78 Å². The fourth-order valence-electron chi connectivity index (χ4n) is 5.19. The van der Waals surface area contributed by atoms with Gasteiger partial charge in [0.05, 0.1) is 43.2 Å². The van der Waals surface area contributed by atoms with E-state index in [1.54, 1.807) is 53.9 Å². The molecule has 2 aromatic heterocycles. The van der Waals surface area contributed by atoms with Gasteiger partial charge in [0.1, 0.15) is 11.3 Å². The van der Waals surface area contributed by atoms with Gasteiger partial charge >= 0.3 is 5.97 Å². The van der Waals surface area contributed by atoms with Crippen molar-refractivity contribution in [2.24, 2.45) is 0 Å². The number of fused-ring (bicyclic) bond motifs is 1. The number of pyridine rings is 1. The Bertz CT molecular complexity index is 1400. The Balaban J connectivity index is 1.55. The molecule has 1 amide bonds. The highest BCUT2D eigenvalue weighted by atomic mass is 16.5. The lowest BCUT2D eigenvalue weighted by Crippen LogP contribution is -2.39. The molecule has 5 rings (SSSR count). The average molecular weight is 519 g/mol. The van der Waals surface area contributed by atoms with Crippen LogP contribution in [0.15, 0.2) is 54.2 Å². The van der Waals surface area contributed by atoms with Gasteiger partial charge in [0.25, 0.3) is 11.7 Å². The number of Topliss-reactive ketones (excluding diaryl/α,β-unsaturated/α-hetero) is 1. The standard InChI is InChI=1S/C28H30N4O6/c1-18-23(31-12-4-3-6-21(31)29-18)25(33)22-24(19-7-9-20(10-8-19)28(36)37-2)32(27(35)26(22)34)13-5-11-30-14-16-38-17-15-30/h3-4,6-10,12,24,33H,5,11,13-17H2,1-2H3/b25-22+/t24-/m1/s1. The minimum Gasteiger partial charge on any atom is -0.505 e. The molecule has 38 heavy (non-hydrogen) atoms. The van der Waals surface area contributed by atoms with Crippen molar-refractivity contribution in [3.63, 3.8) is 0 Å². The molecule has 10 heteroatoms. The van der Waals surface area contributed by atoms with Gasteiger partial charge < -0.3 is 19.5 Å². The van der Waals surface area contributed by atoms with Crippen LogP contribution in [0, 0.1) is 6.92 Å². The minimum atomic E-state index is -0.819. The third-order valence-corrected chi connectivity index (χ3v) is 7.09. The molecule has 2 saturated heterocycles. The number of aryl methyl sites for hydroxylation is 1. The number of aromatic nitrogens is 2. The molecule has 4 heterocycles. The number of aliphatic hydroxyl groups excluding tert-OH is 1. The van der Waals surface area contributed by atoms with Crippen LogP contribution < -0.4 is 0 Å². The van der Waals surface area contributed by atoms with Gasteiger partial charge in [-0.2, -0.15) is 0 Å². The molecule has 0 radical (unpaired) electrons. The molecule has 0 bridgehead atoms. The van der Waals surface area contributed by atoms with Crippen molar-refractivity contribution in [3.05, 3.63) is 76.7 Å². The molecule has 0 spiro atoms. The van der Waals surface area contributed by atoms with E-state index in [-0.39, 0.29) is 11.3 Å². The van der Waals surface area contributed by atoms with Crippen molar-refractivity contribution in [2.75, 3.05) is 46.5 Å². The van der Waals surface area contributed by atoms with Crippen molar-refractivity contribution in [2.45, 2.75) is 19.4 Å². The molecule has 2 aliphatic rings.